The van der Waals surface area contributed by atoms with E-state index in [2.05, 4.69) is 11.4 Å². The zero-order valence-electron chi connectivity index (χ0n) is 14.6. The molecule has 1 aromatic heterocycles. The van der Waals surface area contributed by atoms with E-state index in [1.54, 1.807) is 12.3 Å². The van der Waals surface area contributed by atoms with Gasteiger partial charge in [0.2, 0.25) is 5.91 Å². The van der Waals surface area contributed by atoms with Crippen LogP contribution in [0.5, 0.6) is 5.75 Å². The molecule has 6 heteroatoms. The summed E-state index contributed by atoms with van der Waals surface area (Å²) in [5, 5.41) is 4.42. The Morgan fingerprint density at radius 3 is 2.93 bits per heavy atom. The van der Waals surface area contributed by atoms with E-state index in [0.717, 1.165) is 29.5 Å². The molecule has 0 spiro atoms. The molecule has 3 aromatic rings. The predicted molar refractivity (Wildman–Crippen MR) is 101 cm³/mol. The summed E-state index contributed by atoms with van der Waals surface area (Å²) >= 11 is 0. The molecule has 1 aliphatic rings. The fourth-order valence-electron chi connectivity index (χ4n) is 3.30. The van der Waals surface area contributed by atoms with E-state index >= 15 is 0 Å². The summed E-state index contributed by atoms with van der Waals surface area (Å²) < 4.78 is 24.9. The number of furan rings is 1. The highest BCUT2D eigenvalue weighted by Crippen LogP contribution is 2.31. The van der Waals surface area contributed by atoms with E-state index in [0.29, 0.717) is 12.1 Å². The van der Waals surface area contributed by atoms with Crippen molar-refractivity contribution < 1.29 is 18.3 Å². The Morgan fingerprint density at radius 2 is 2.07 bits per heavy atom. The molecular formula is C21H19FN2O3. The number of nitrogens with one attached hydrogen (secondary N) is 1. The summed E-state index contributed by atoms with van der Waals surface area (Å²) in [5.41, 5.74) is 8.86. The molecule has 0 atom stereocenters. The van der Waals surface area contributed by atoms with Gasteiger partial charge in [-0.1, -0.05) is 18.2 Å². The number of para-hydroxylation sites is 1. The fraction of sp³-hybridized carbons (Fsp3) is 0.190. The lowest BCUT2D eigenvalue weighted by molar-refractivity contribution is 0.0999. The lowest BCUT2D eigenvalue weighted by atomic mass is 10.0. The van der Waals surface area contributed by atoms with Crippen LogP contribution in [0.4, 0.5) is 4.39 Å². The van der Waals surface area contributed by atoms with Gasteiger partial charge in [-0.2, -0.15) is 0 Å². The van der Waals surface area contributed by atoms with E-state index in [1.165, 1.54) is 17.7 Å². The topological polar surface area (TPSA) is 77.5 Å². The molecule has 2 heterocycles. The highest BCUT2D eigenvalue weighted by atomic mass is 19.1. The molecule has 2 aromatic carbocycles. The molecule has 0 saturated heterocycles. The minimum atomic E-state index is -0.612. The van der Waals surface area contributed by atoms with E-state index < -0.39 is 11.7 Å². The molecule has 0 unspecified atom stereocenters. The van der Waals surface area contributed by atoms with Gasteiger partial charge in [0.15, 0.2) is 11.6 Å². The quantitative estimate of drug-likeness (QED) is 0.653. The van der Waals surface area contributed by atoms with Crippen LogP contribution in [0.15, 0.2) is 52.8 Å². The predicted octanol–water partition coefficient (Wildman–Crippen LogP) is 3.63. The van der Waals surface area contributed by atoms with Crippen LogP contribution in [0.3, 0.4) is 0 Å². The van der Waals surface area contributed by atoms with Crippen molar-refractivity contribution in [2.24, 2.45) is 5.73 Å². The molecule has 0 saturated carbocycles. The summed E-state index contributed by atoms with van der Waals surface area (Å²) in [6.07, 6.45) is 5.29. The molecule has 1 aliphatic heterocycles. The molecule has 5 nitrogen and oxygen atoms in total. The van der Waals surface area contributed by atoms with E-state index in [4.69, 9.17) is 14.9 Å². The van der Waals surface area contributed by atoms with Crippen molar-refractivity contribution in [1.29, 1.82) is 0 Å². The van der Waals surface area contributed by atoms with E-state index in [1.807, 2.05) is 18.2 Å². The van der Waals surface area contributed by atoms with Gasteiger partial charge in [0.05, 0.1) is 11.8 Å². The van der Waals surface area contributed by atoms with Crippen molar-refractivity contribution in [2.45, 2.75) is 12.8 Å². The number of amides is 1. The Labute approximate surface area is 155 Å². The highest BCUT2D eigenvalue weighted by Gasteiger charge is 2.21. The van der Waals surface area contributed by atoms with Gasteiger partial charge in [0, 0.05) is 23.2 Å². The smallest absolute Gasteiger partial charge is 0.249 e. The summed E-state index contributed by atoms with van der Waals surface area (Å²) in [6.45, 7) is 0.937. The molecule has 4 rings (SSSR count). The number of halogens is 1. The SMILES string of the molecule is NC(=O)c1ccc(F)c2c1C=C(NCCCc1coc3ccccc13)CO2. The van der Waals surface area contributed by atoms with Gasteiger partial charge >= 0.3 is 0 Å². The number of hydrogen-bond donors (Lipinski definition) is 2. The molecular weight excluding hydrogens is 347 g/mol. The molecule has 0 bridgehead atoms. The molecule has 1 amide bonds. The number of carbonyl (C=O) groups excluding carboxylic acids is 1. The van der Waals surface area contributed by atoms with Crippen LogP contribution >= 0.6 is 0 Å². The number of primary amides is 1. The first-order valence-corrected chi connectivity index (χ1v) is 8.78. The summed E-state index contributed by atoms with van der Waals surface area (Å²) in [6, 6.07) is 10.5. The molecule has 0 radical (unpaired) electrons. The monoisotopic (exact) mass is 366 g/mol. The Kier molecular flexibility index (Phi) is 4.54. The summed E-state index contributed by atoms with van der Waals surface area (Å²) in [4.78, 5) is 11.6. The van der Waals surface area contributed by atoms with Crippen molar-refractivity contribution >= 4 is 23.0 Å². The third-order valence-electron chi connectivity index (χ3n) is 4.64. The number of aryl methyl sites for hydroxylation is 1. The standard InChI is InChI=1S/C21H19FN2O3/c22-18-8-7-16(21(23)25)17-10-14(12-27-20(17)18)24-9-3-4-13-11-26-19-6-2-1-5-15(13)19/h1-2,5-8,10-11,24H,3-4,9,12H2,(H2,23,25). The maximum absolute atomic E-state index is 13.9. The van der Waals surface area contributed by atoms with Crippen molar-refractivity contribution in [3.8, 4) is 5.75 Å². The Bertz CT molecular complexity index is 1040. The minimum Gasteiger partial charge on any atom is -0.484 e. The van der Waals surface area contributed by atoms with Crippen LogP contribution in [-0.2, 0) is 6.42 Å². The van der Waals surface area contributed by atoms with E-state index in [9.17, 15) is 9.18 Å². The van der Waals surface area contributed by atoms with Crippen LogP contribution in [0.1, 0.15) is 27.9 Å². The average molecular weight is 366 g/mol. The van der Waals surface area contributed by atoms with Crippen molar-refractivity contribution in [3.05, 3.63) is 70.9 Å². The Morgan fingerprint density at radius 1 is 1.22 bits per heavy atom. The van der Waals surface area contributed by atoms with Crippen LogP contribution in [0, 0.1) is 5.82 Å². The van der Waals surface area contributed by atoms with Crippen molar-refractivity contribution in [2.75, 3.05) is 13.2 Å². The van der Waals surface area contributed by atoms with Gasteiger partial charge in [-0.05, 0) is 42.7 Å². The maximum Gasteiger partial charge on any atom is 0.249 e. The third-order valence-corrected chi connectivity index (χ3v) is 4.64. The van der Waals surface area contributed by atoms with Crippen molar-refractivity contribution in [1.82, 2.24) is 5.32 Å². The lowest BCUT2D eigenvalue weighted by Crippen LogP contribution is -2.24. The summed E-state index contributed by atoms with van der Waals surface area (Å²) in [7, 11) is 0. The van der Waals surface area contributed by atoms with Crippen LogP contribution in [0.2, 0.25) is 0 Å². The first kappa shape index (κ1) is 17.1. The number of carbonyl (C=O) groups is 1. The molecule has 27 heavy (non-hydrogen) atoms. The molecule has 0 aliphatic carbocycles. The fourth-order valence-corrected chi connectivity index (χ4v) is 3.30. The number of nitrogens with two attached hydrogens (primary N) is 1. The van der Waals surface area contributed by atoms with Crippen LogP contribution < -0.4 is 15.8 Å². The Hall–Kier alpha value is -3.28. The maximum atomic E-state index is 13.9. The second-order valence-electron chi connectivity index (χ2n) is 6.45. The third kappa shape index (κ3) is 3.38. The summed E-state index contributed by atoms with van der Waals surface area (Å²) in [5.74, 6) is -1.04. The average Bonchev–Trinajstić information content (AvgIpc) is 3.08. The van der Waals surface area contributed by atoms with Crippen molar-refractivity contribution in [3.63, 3.8) is 0 Å². The molecule has 0 fully saturated rings. The van der Waals surface area contributed by atoms with Crippen LogP contribution in [0.25, 0.3) is 17.0 Å². The normalized spacial score (nSPS) is 13.0. The minimum absolute atomic E-state index is 0.0710. The van der Waals surface area contributed by atoms with Gasteiger partial charge in [-0.25, -0.2) is 4.39 Å². The van der Waals surface area contributed by atoms with Gasteiger partial charge in [-0.15, -0.1) is 0 Å². The lowest BCUT2D eigenvalue weighted by Gasteiger charge is -2.21. The Balaban J connectivity index is 1.42. The van der Waals surface area contributed by atoms with Gasteiger partial charge in [0.1, 0.15) is 12.2 Å². The largest absolute Gasteiger partial charge is 0.484 e. The van der Waals surface area contributed by atoms with Gasteiger partial charge in [-0.3, -0.25) is 4.79 Å². The van der Waals surface area contributed by atoms with Gasteiger partial charge in [0.25, 0.3) is 0 Å². The van der Waals surface area contributed by atoms with Gasteiger partial charge < -0.3 is 20.2 Å². The number of hydrogen-bond acceptors (Lipinski definition) is 4. The number of ether oxygens (including phenoxy) is 1. The number of rotatable bonds is 6. The van der Waals surface area contributed by atoms with E-state index in [-0.39, 0.29) is 17.9 Å². The number of fused-ring (bicyclic) bond motifs is 2. The second kappa shape index (κ2) is 7.15. The highest BCUT2D eigenvalue weighted by molar-refractivity contribution is 5.98. The van der Waals surface area contributed by atoms with Crippen LogP contribution in [-0.4, -0.2) is 19.1 Å². The second-order valence-corrected chi connectivity index (χ2v) is 6.45. The zero-order chi connectivity index (χ0) is 18.8. The zero-order valence-corrected chi connectivity index (χ0v) is 14.6. The first-order chi connectivity index (χ1) is 13.1. The molecule has 3 N–H and O–H groups in total. The first-order valence-electron chi connectivity index (χ1n) is 8.78. The molecule has 138 valence electrons. The number of benzene rings is 2.